The fraction of sp³-hybridized carbons (Fsp3) is 0.235. The van der Waals surface area contributed by atoms with Crippen molar-refractivity contribution in [3.05, 3.63) is 64.9 Å². The van der Waals surface area contributed by atoms with E-state index in [2.05, 4.69) is 10.3 Å². The number of halogens is 1. The summed E-state index contributed by atoms with van der Waals surface area (Å²) in [7, 11) is 0. The molecule has 118 valence electrons. The minimum atomic E-state index is -1.06. The van der Waals surface area contributed by atoms with Crippen LogP contribution in [0.25, 0.3) is 0 Å². The van der Waals surface area contributed by atoms with Crippen molar-refractivity contribution >= 4 is 23.5 Å². The van der Waals surface area contributed by atoms with Crippen LogP contribution in [0.5, 0.6) is 0 Å². The predicted molar refractivity (Wildman–Crippen MR) is 87.0 cm³/mol. The lowest BCUT2D eigenvalue weighted by Gasteiger charge is -2.22. The van der Waals surface area contributed by atoms with Crippen LogP contribution in [0.2, 0.25) is 5.02 Å². The van der Waals surface area contributed by atoms with Gasteiger partial charge in [0.2, 0.25) is 0 Å². The number of benzene rings is 1. The molecule has 3 rings (SSSR count). The van der Waals surface area contributed by atoms with Gasteiger partial charge in [0.15, 0.2) is 0 Å². The maximum atomic E-state index is 12.7. The Kier molecular flexibility index (Phi) is 4.05. The number of hydrogen-bond acceptors (Lipinski definition) is 3. The largest absolute Gasteiger partial charge is 0.325 e. The van der Waals surface area contributed by atoms with Gasteiger partial charge in [-0.1, -0.05) is 23.7 Å². The van der Waals surface area contributed by atoms with Gasteiger partial charge in [0.25, 0.3) is 5.91 Å². The van der Waals surface area contributed by atoms with Gasteiger partial charge >= 0.3 is 6.03 Å². The third kappa shape index (κ3) is 2.92. The molecule has 5 nitrogen and oxygen atoms in total. The Morgan fingerprint density at radius 3 is 2.43 bits per heavy atom. The minimum Gasteiger partial charge on any atom is -0.319 e. The van der Waals surface area contributed by atoms with Gasteiger partial charge in [-0.3, -0.25) is 14.7 Å². The van der Waals surface area contributed by atoms with Crippen LogP contribution >= 0.6 is 11.6 Å². The Hall–Kier alpha value is -2.40. The lowest BCUT2D eigenvalue weighted by Crippen LogP contribution is -2.41. The Balaban J connectivity index is 1.78. The van der Waals surface area contributed by atoms with Gasteiger partial charge in [-0.05, 0) is 48.7 Å². The monoisotopic (exact) mass is 329 g/mol. The summed E-state index contributed by atoms with van der Waals surface area (Å²) in [5.74, 6) is -0.251. The maximum Gasteiger partial charge on any atom is 0.325 e. The van der Waals surface area contributed by atoms with E-state index >= 15 is 0 Å². The first-order valence-corrected chi connectivity index (χ1v) is 7.67. The lowest BCUT2D eigenvalue weighted by molar-refractivity contribution is -0.131. The van der Waals surface area contributed by atoms with E-state index in [9.17, 15) is 9.59 Å². The van der Waals surface area contributed by atoms with Gasteiger partial charge in [-0.2, -0.15) is 0 Å². The normalized spacial score (nSPS) is 20.7. The van der Waals surface area contributed by atoms with Gasteiger partial charge in [-0.25, -0.2) is 4.79 Å². The molecular formula is C17H16ClN3O2. The summed E-state index contributed by atoms with van der Waals surface area (Å²) >= 11 is 5.89. The molecule has 3 amide bonds. The molecule has 0 unspecified atom stereocenters. The molecule has 1 atom stereocenters. The smallest absolute Gasteiger partial charge is 0.319 e. The molecule has 1 aromatic heterocycles. The number of imide groups is 1. The Labute approximate surface area is 139 Å². The molecule has 1 aliphatic rings. The second-order valence-corrected chi connectivity index (χ2v) is 6.06. The molecule has 2 heterocycles. The van der Waals surface area contributed by atoms with E-state index < -0.39 is 5.54 Å². The molecule has 2 aromatic rings. The molecule has 0 radical (unpaired) electrons. The molecule has 0 aliphatic carbocycles. The van der Waals surface area contributed by atoms with Gasteiger partial charge in [-0.15, -0.1) is 0 Å². The van der Waals surface area contributed by atoms with Gasteiger partial charge in [0, 0.05) is 24.0 Å². The van der Waals surface area contributed by atoms with Crippen LogP contribution in [0.15, 0.2) is 48.8 Å². The number of pyridine rings is 1. The number of urea groups is 1. The number of nitrogens with zero attached hydrogens (tertiary/aromatic N) is 2. The van der Waals surface area contributed by atoms with Crippen LogP contribution in [-0.2, 0) is 16.8 Å². The van der Waals surface area contributed by atoms with Crippen LogP contribution in [0.1, 0.15) is 18.1 Å². The number of rotatable bonds is 4. The molecule has 1 aromatic carbocycles. The zero-order chi connectivity index (χ0) is 16.4. The Morgan fingerprint density at radius 1 is 1.13 bits per heavy atom. The number of carbonyl (C=O) groups is 2. The molecule has 1 saturated heterocycles. The topological polar surface area (TPSA) is 62.3 Å². The fourth-order valence-corrected chi connectivity index (χ4v) is 2.80. The number of aromatic nitrogens is 1. The van der Waals surface area contributed by atoms with E-state index in [4.69, 9.17) is 11.6 Å². The second kappa shape index (κ2) is 6.01. The maximum absolute atomic E-state index is 12.7. The summed E-state index contributed by atoms with van der Waals surface area (Å²) in [5.41, 5.74) is 0.687. The van der Waals surface area contributed by atoms with Gasteiger partial charge < -0.3 is 5.32 Å². The summed E-state index contributed by atoms with van der Waals surface area (Å²) in [5, 5.41) is 3.37. The van der Waals surface area contributed by atoms with Crippen molar-refractivity contribution in [2.45, 2.75) is 18.9 Å². The van der Waals surface area contributed by atoms with Crippen molar-refractivity contribution < 1.29 is 9.59 Å². The summed E-state index contributed by atoms with van der Waals surface area (Å²) in [4.78, 5) is 30.2. The van der Waals surface area contributed by atoms with Gasteiger partial charge in [0.1, 0.15) is 5.54 Å². The fourth-order valence-electron chi connectivity index (χ4n) is 2.67. The third-order valence-corrected chi connectivity index (χ3v) is 4.32. The van der Waals surface area contributed by atoms with Crippen molar-refractivity contribution in [3.8, 4) is 0 Å². The van der Waals surface area contributed by atoms with E-state index in [1.807, 2.05) is 12.1 Å². The van der Waals surface area contributed by atoms with Crippen LogP contribution in [0.4, 0.5) is 4.79 Å². The van der Waals surface area contributed by atoms with Crippen molar-refractivity contribution in [3.63, 3.8) is 0 Å². The van der Waals surface area contributed by atoms with E-state index in [1.165, 1.54) is 4.90 Å². The first-order valence-electron chi connectivity index (χ1n) is 7.30. The first-order chi connectivity index (χ1) is 11.0. The molecule has 0 saturated carbocycles. The first kappa shape index (κ1) is 15.5. The van der Waals surface area contributed by atoms with Crippen molar-refractivity contribution in [2.75, 3.05) is 6.54 Å². The standard InChI is InChI=1S/C17H16ClN3O2/c1-17(13-2-4-14(18)5-3-13)15(22)21(16(23)20-17)11-8-12-6-9-19-10-7-12/h2-7,9-10H,8,11H2,1H3,(H,20,23)/t17-/m1/s1. The minimum absolute atomic E-state index is 0.251. The molecule has 6 heteroatoms. The van der Waals surface area contributed by atoms with E-state index in [1.54, 1.807) is 43.6 Å². The molecule has 23 heavy (non-hydrogen) atoms. The van der Waals surface area contributed by atoms with Crippen LogP contribution in [-0.4, -0.2) is 28.4 Å². The highest BCUT2D eigenvalue weighted by atomic mass is 35.5. The molecule has 1 N–H and O–H groups in total. The summed E-state index contributed by atoms with van der Waals surface area (Å²) in [6.07, 6.45) is 3.98. The highest BCUT2D eigenvalue weighted by molar-refractivity contribution is 6.30. The number of amides is 3. The lowest BCUT2D eigenvalue weighted by atomic mass is 9.92. The van der Waals surface area contributed by atoms with Crippen molar-refractivity contribution in [1.29, 1.82) is 0 Å². The average Bonchev–Trinajstić information content (AvgIpc) is 2.77. The molecule has 1 fully saturated rings. The summed E-state index contributed by atoms with van der Waals surface area (Å²) in [6.45, 7) is 2.04. The van der Waals surface area contributed by atoms with Crippen molar-refractivity contribution in [1.82, 2.24) is 15.2 Å². The number of nitrogens with one attached hydrogen (secondary N) is 1. The molecular weight excluding hydrogens is 314 g/mol. The van der Waals surface area contributed by atoms with Crippen LogP contribution in [0.3, 0.4) is 0 Å². The summed E-state index contributed by atoms with van der Waals surface area (Å²) in [6, 6.07) is 10.3. The van der Waals surface area contributed by atoms with E-state index in [0.29, 0.717) is 23.6 Å². The Morgan fingerprint density at radius 2 is 1.78 bits per heavy atom. The zero-order valence-corrected chi connectivity index (χ0v) is 13.4. The Bertz CT molecular complexity index is 733. The molecule has 0 spiro atoms. The third-order valence-electron chi connectivity index (χ3n) is 4.07. The quantitative estimate of drug-likeness (QED) is 0.877. The van der Waals surface area contributed by atoms with E-state index in [-0.39, 0.29) is 11.9 Å². The van der Waals surface area contributed by atoms with Gasteiger partial charge in [0.05, 0.1) is 0 Å². The summed E-state index contributed by atoms with van der Waals surface area (Å²) < 4.78 is 0. The zero-order valence-electron chi connectivity index (χ0n) is 12.6. The van der Waals surface area contributed by atoms with E-state index in [0.717, 1.165) is 5.56 Å². The predicted octanol–water partition coefficient (Wildman–Crippen LogP) is 2.74. The number of carbonyl (C=O) groups excluding carboxylic acids is 2. The highest BCUT2D eigenvalue weighted by Gasteiger charge is 2.48. The average molecular weight is 330 g/mol. The SMILES string of the molecule is C[C@]1(c2ccc(Cl)cc2)NC(=O)N(CCc2ccncc2)C1=O. The molecule has 0 bridgehead atoms. The van der Waals surface area contributed by atoms with Crippen molar-refractivity contribution in [2.24, 2.45) is 0 Å². The second-order valence-electron chi connectivity index (χ2n) is 5.62. The highest BCUT2D eigenvalue weighted by Crippen LogP contribution is 2.29. The molecule has 1 aliphatic heterocycles. The van der Waals surface area contributed by atoms with Crippen LogP contribution < -0.4 is 5.32 Å². The van der Waals surface area contributed by atoms with Crippen LogP contribution in [0, 0.1) is 0 Å². The number of hydrogen-bond donors (Lipinski definition) is 1.